The largest absolute Gasteiger partial charge is 0.496 e. The maximum Gasteiger partial charge on any atom is 0.195 e. The molecule has 0 radical (unpaired) electrons. The van der Waals surface area contributed by atoms with E-state index >= 15 is 0 Å². The standard InChI is InChI=1S/C13H18O3/c1-5-11(15-3)13(14)10-8-9(2)6-7-12(10)16-4/h6-8,11H,5H2,1-4H3. The van der Waals surface area contributed by atoms with Gasteiger partial charge < -0.3 is 9.47 Å². The number of carbonyl (C=O) groups excluding carboxylic acids is 1. The van der Waals surface area contributed by atoms with Crippen LogP contribution in [0.4, 0.5) is 0 Å². The first-order chi connectivity index (χ1) is 7.63. The van der Waals surface area contributed by atoms with Gasteiger partial charge in [0.25, 0.3) is 0 Å². The maximum atomic E-state index is 12.1. The average molecular weight is 222 g/mol. The summed E-state index contributed by atoms with van der Waals surface area (Å²) >= 11 is 0. The van der Waals surface area contributed by atoms with Gasteiger partial charge >= 0.3 is 0 Å². The van der Waals surface area contributed by atoms with E-state index in [1.54, 1.807) is 14.2 Å². The second-order valence-electron chi connectivity index (χ2n) is 3.70. The lowest BCUT2D eigenvalue weighted by Crippen LogP contribution is -2.22. The zero-order valence-electron chi connectivity index (χ0n) is 10.2. The Hall–Kier alpha value is -1.35. The number of Topliss-reactive ketones (excluding diaryl/α,β-unsaturated/α-hetero) is 1. The fourth-order valence-corrected chi connectivity index (χ4v) is 1.65. The number of carbonyl (C=O) groups is 1. The molecule has 0 saturated carbocycles. The van der Waals surface area contributed by atoms with Crippen LogP contribution < -0.4 is 4.74 Å². The molecule has 0 N–H and O–H groups in total. The maximum absolute atomic E-state index is 12.1. The molecule has 0 amide bonds. The molecule has 1 unspecified atom stereocenters. The van der Waals surface area contributed by atoms with Crippen molar-refractivity contribution in [1.29, 1.82) is 0 Å². The van der Waals surface area contributed by atoms with Crippen molar-refractivity contribution in [2.75, 3.05) is 14.2 Å². The first kappa shape index (κ1) is 12.7. The number of hydrogen-bond donors (Lipinski definition) is 0. The summed E-state index contributed by atoms with van der Waals surface area (Å²) in [5, 5.41) is 0. The summed E-state index contributed by atoms with van der Waals surface area (Å²) in [6.45, 7) is 3.87. The van der Waals surface area contributed by atoms with Crippen LogP contribution in [-0.4, -0.2) is 26.1 Å². The third-order valence-corrected chi connectivity index (χ3v) is 2.57. The summed E-state index contributed by atoms with van der Waals surface area (Å²) in [4.78, 5) is 12.1. The fourth-order valence-electron chi connectivity index (χ4n) is 1.65. The molecule has 1 aromatic carbocycles. The third kappa shape index (κ3) is 2.61. The SMILES string of the molecule is CCC(OC)C(=O)c1cc(C)ccc1OC. The average Bonchev–Trinajstić information content (AvgIpc) is 2.30. The number of rotatable bonds is 5. The van der Waals surface area contributed by atoms with E-state index in [0.29, 0.717) is 17.7 Å². The van der Waals surface area contributed by atoms with Crippen LogP contribution >= 0.6 is 0 Å². The molecule has 1 aromatic rings. The van der Waals surface area contributed by atoms with Gasteiger partial charge in [-0.2, -0.15) is 0 Å². The van der Waals surface area contributed by atoms with Crippen LogP contribution in [0.15, 0.2) is 18.2 Å². The molecule has 16 heavy (non-hydrogen) atoms. The lowest BCUT2D eigenvalue weighted by atomic mass is 10.0. The zero-order chi connectivity index (χ0) is 12.1. The highest BCUT2D eigenvalue weighted by molar-refractivity contribution is 6.02. The monoisotopic (exact) mass is 222 g/mol. The Kier molecular flexibility index (Phi) is 4.50. The Bertz CT molecular complexity index is 367. The smallest absolute Gasteiger partial charge is 0.195 e. The Labute approximate surface area is 96.4 Å². The van der Waals surface area contributed by atoms with Gasteiger partial charge in [-0.25, -0.2) is 0 Å². The van der Waals surface area contributed by atoms with Crippen LogP contribution in [0.2, 0.25) is 0 Å². The van der Waals surface area contributed by atoms with Crippen molar-refractivity contribution in [3.8, 4) is 5.75 Å². The minimum Gasteiger partial charge on any atom is -0.496 e. The summed E-state index contributed by atoms with van der Waals surface area (Å²) in [5.74, 6) is 0.580. The van der Waals surface area contributed by atoms with Gasteiger partial charge in [-0.15, -0.1) is 0 Å². The second-order valence-corrected chi connectivity index (χ2v) is 3.70. The third-order valence-electron chi connectivity index (χ3n) is 2.57. The molecular formula is C13H18O3. The summed E-state index contributed by atoms with van der Waals surface area (Å²) in [6, 6.07) is 5.57. The van der Waals surface area contributed by atoms with E-state index in [1.807, 2.05) is 32.0 Å². The van der Waals surface area contributed by atoms with Crippen LogP contribution in [0.25, 0.3) is 0 Å². The van der Waals surface area contributed by atoms with E-state index in [9.17, 15) is 4.79 Å². The lowest BCUT2D eigenvalue weighted by Gasteiger charge is -2.14. The molecule has 0 aliphatic heterocycles. The van der Waals surface area contributed by atoms with Crippen molar-refractivity contribution in [2.24, 2.45) is 0 Å². The summed E-state index contributed by atoms with van der Waals surface area (Å²) < 4.78 is 10.3. The van der Waals surface area contributed by atoms with E-state index in [-0.39, 0.29) is 5.78 Å². The zero-order valence-corrected chi connectivity index (χ0v) is 10.2. The van der Waals surface area contributed by atoms with E-state index in [1.165, 1.54) is 0 Å². The molecule has 3 nitrogen and oxygen atoms in total. The quantitative estimate of drug-likeness (QED) is 0.718. The van der Waals surface area contributed by atoms with Crippen molar-refractivity contribution >= 4 is 5.78 Å². The lowest BCUT2D eigenvalue weighted by molar-refractivity contribution is 0.0592. The first-order valence-corrected chi connectivity index (χ1v) is 5.35. The van der Waals surface area contributed by atoms with E-state index in [4.69, 9.17) is 9.47 Å². The summed E-state index contributed by atoms with van der Waals surface area (Å²) in [5.41, 5.74) is 1.63. The number of aryl methyl sites for hydroxylation is 1. The van der Waals surface area contributed by atoms with Gasteiger partial charge in [0, 0.05) is 7.11 Å². The van der Waals surface area contributed by atoms with Crippen LogP contribution in [-0.2, 0) is 4.74 Å². The van der Waals surface area contributed by atoms with Crippen molar-refractivity contribution < 1.29 is 14.3 Å². The van der Waals surface area contributed by atoms with Gasteiger partial charge in [0.05, 0.1) is 12.7 Å². The molecule has 0 aliphatic rings. The Morgan fingerprint density at radius 1 is 1.38 bits per heavy atom. The van der Waals surface area contributed by atoms with Crippen LogP contribution in [0.1, 0.15) is 29.3 Å². The molecule has 0 fully saturated rings. The van der Waals surface area contributed by atoms with E-state index in [2.05, 4.69) is 0 Å². The van der Waals surface area contributed by atoms with Crippen LogP contribution in [0.3, 0.4) is 0 Å². The number of ketones is 1. The highest BCUT2D eigenvalue weighted by atomic mass is 16.5. The number of hydrogen-bond acceptors (Lipinski definition) is 3. The molecule has 0 bridgehead atoms. The molecular weight excluding hydrogens is 204 g/mol. The molecule has 3 heteroatoms. The fraction of sp³-hybridized carbons (Fsp3) is 0.462. The number of ether oxygens (including phenoxy) is 2. The normalized spacial score (nSPS) is 12.2. The van der Waals surface area contributed by atoms with Crippen molar-refractivity contribution in [1.82, 2.24) is 0 Å². The number of benzene rings is 1. The second kappa shape index (κ2) is 5.66. The molecule has 0 heterocycles. The van der Waals surface area contributed by atoms with Crippen LogP contribution in [0.5, 0.6) is 5.75 Å². The topological polar surface area (TPSA) is 35.5 Å². The van der Waals surface area contributed by atoms with Gasteiger partial charge in [0.1, 0.15) is 11.9 Å². The van der Waals surface area contributed by atoms with Gasteiger partial charge in [-0.05, 0) is 25.5 Å². The first-order valence-electron chi connectivity index (χ1n) is 5.35. The molecule has 0 aliphatic carbocycles. The predicted octanol–water partition coefficient (Wildman–Crippen LogP) is 2.61. The van der Waals surface area contributed by atoms with Crippen molar-refractivity contribution in [3.63, 3.8) is 0 Å². The summed E-state index contributed by atoms with van der Waals surface area (Å²) in [6.07, 6.45) is 0.266. The van der Waals surface area contributed by atoms with Gasteiger partial charge in [-0.1, -0.05) is 18.6 Å². The molecule has 0 spiro atoms. The van der Waals surface area contributed by atoms with Gasteiger partial charge in [-0.3, -0.25) is 4.79 Å². The molecule has 1 atom stereocenters. The predicted molar refractivity (Wildman–Crippen MR) is 63.1 cm³/mol. The molecule has 0 saturated heterocycles. The minimum absolute atomic E-state index is 0.0226. The summed E-state index contributed by atoms with van der Waals surface area (Å²) in [7, 11) is 3.11. The molecule has 0 aromatic heterocycles. The van der Waals surface area contributed by atoms with Crippen molar-refractivity contribution in [2.45, 2.75) is 26.4 Å². The van der Waals surface area contributed by atoms with Gasteiger partial charge in [0.15, 0.2) is 5.78 Å². The van der Waals surface area contributed by atoms with Crippen LogP contribution in [0, 0.1) is 6.92 Å². The highest BCUT2D eigenvalue weighted by Crippen LogP contribution is 2.22. The Balaban J connectivity index is 3.10. The Morgan fingerprint density at radius 2 is 2.06 bits per heavy atom. The van der Waals surface area contributed by atoms with E-state index in [0.717, 1.165) is 5.56 Å². The Morgan fingerprint density at radius 3 is 2.56 bits per heavy atom. The highest BCUT2D eigenvalue weighted by Gasteiger charge is 2.21. The van der Waals surface area contributed by atoms with Gasteiger partial charge in [0.2, 0.25) is 0 Å². The van der Waals surface area contributed by atoms with E-state index < -0.39 is 6.10 Å². The molecule has 1 rings (SSSR count). The molecule has 88 valence electrons. The van der Waals surface area contributed by atoms with Crippen molar-refractivity contribution in [3.05, 3.63) is 29.3 Å². The minimum atomic E-state index is -0.393. The number of methoxy groups -OCH3 is 2.